The molecule has 2 aromatic heterocycles. The van der Waals surface area contributed by atoms with Crippen LogP contribution >= 0.6 is 23.8 Å². The lowest BCUT2D eigenvalue weighted by molar-refractivity contribution is 0.413. The Morgan fingerprint density at radius 2 is 1.54 bits per heavy atom. The molecule has 39 heavy (non-hydrogen) atoms. The molecule has 6 nitrogen and oxygen atoms in total. The number of aromatic nitrogens is 1. The van der Waals surface area contributed by atoms with Crippen molar-refractivity contribution in [2.75, 3.05) is 12.0 Å². The fourth-order valence-corrected chi connectivity index (χ4v) is 5.13. The third-order valence-corrected chi connectivity index (χ3v) is 7.12. The molecule has 1 aliphatic heterocycles. The summed E-state index contributed by atoms with van der Waals surface area (Å²) in [6.07, 6.45) is 1.78. The Morgan fingerprint density at radius 3 is 2.21 bits per heavy atom. The quantitative estimate of drug-likeness (QED) is 0.205. The number of anilines is 1. The van der Waals surface area contributed by atoms with Crippen LogP contribution in [-0.2, 0) is 0 Å². The maximum Gasteiger partial charge on any atom is 0.174 e. The van der Waals surface area contributed by atoms with Gasteiger partial charge in [-0.25, -0.2) is 0 Å². The van der Waals surface area contributed by atoms with Crippen molar-refractivity contribution in [1.82, 2.24) is 10.3 Å². The van der Waals surface area contributed by atoms with Crippen LogP contribution in [0.4, 0.5) is 5.69 Å². The molecule has 0 saturated carbocycles. The van der Waals surface area contributed by atoms with Crippen molar-refractivity contribution in [3.8, 4) is 28.6 Å². The molecule has 0 radical (unpaired) electrons. The van der Waals surface area contributed by atoms with Crippen molar-refractivity contribution in [1.29, 1.82) is 0 Å². The van der Waals surface area contributed by atoms with Gasteiger partial charge in [0.1, 0.15) is 34.8 Å². The highest BCUT2D eigenvalue weighted by atomic mass is 35.5. The van der Waals surface area contributed by atoms with Crippen LogP contribution < -0.4 is 19.7 Å². The van der Waals surface area contributed by atoms with Gasteiger partial charge in [0.15, 0.2) is 5.11 Å². The Hall–Kier alpha value is -4.33. The fraction of sp³-hybridized carbons (Fsp3) is 0.0968. The van der Waals surface area contributed by atoms with Crippen LogP contribution in [0.2, 0.25) is 5.02 Å². The van der Waals surface area contributed by atoms with Crippen LogP contribution in [0.15, 0.2) is 114 Å². The summed E-state index contributed by atoms with van der Waals surface area (Å²) in [4.78, 5) is 6.68. The van der Waals surface area contributed by atoms with Gasteiger partial charge in [-0.05, 0) is 109 Å². The van der Waals surface area contributed by atoms with Crippen LogP contribution in [0.1, 0.15) is 23.5 Å². The predicted octanol–water partition coefficient (Wildman–Crippen LogP) is 7.97. The number of ether oxygens (including phenoxy) is 2. The number of methoxy groups -OCH3 is 1. The summed E-state index contributed by atoms with van der Waals surface area (Å²) >= 11 is 11.9. The molecule has 6 rings (SSSR count). The van der Waals surface area contributed by atoms with Crippen LogP contribution in [0, 0.1) is 0 Å². The second kappa shape index (κ2) is 10.8. The van der Waals surface area contributed by atoms with Gasteiger partial charge in [-0.2, -0.15) is 0 Å². The van der Waals surface area contributed by atoms with E-state index in [-0.39, 0.29) is 12.1 Å². The average Bonchev–Trinajstić information content (AvgIpc) is 3.59. The fourth-order valence-electron chi connectivity index (χ4n) is 4.66. The molecular formula is C31H24ClN3O3S. The highest BCUT2D eigenvalue weighted by Crippen LogP contribution is 2.43. The lowest BCUT2D eigenvalue weighted by Crippen LogP contribution is -2.29. The number of benzene rings is 3. The van der Waals surface area contributed by atoms with Crippen molar-refractivity contribution in [2.24, 2.45) is 0 Å². The van der Waals surface area contributed by atoms with E-state index in [1.807, 2.05) is 103 Å². The molecule has 8 heteroatoms. The second-order valence-corrected chi connectivity index (χ2v) is 9.80. The van der Waals surface area contributed by atoms with Crippen molar-refractivity contribution < 1.29 is 13.9 Å². The number of halogens is 1. The molecule has 0 spiro atoms. The number of furan rings is 1. The number of nitrogens with one attached hydrogen (secondary N) is 1. The minimum absolute atomic E-state index is 0.210. The van der Waals surface area contributed by atoms with Crippen molar-refractivity contribution in [3.05, 3.63) is 126 Å². The van der Waals surface area contributed by atoms with Gasteiger partial charge < -0.3 is 24.1 Å². The number of thiocarbonyl (C=S) groups is 1. The van der Waals surface area contributed by atoms with E-state index < -0.39 is 0 Å². The van der Waals surface area contributed by atoms with E-state index in [4.69, 9.17) is 37.7 Å². The number of pyridine rings is 1. The highest BCUT2D eigenvalue weighted by molar-refractivity contribution is 7.80. The molecule has 3 heterocycles. The normalized spacial score (nSPS) is 16.7. The number of nitrogens with zero attached hydrogens (tertiary/aromatic N) is 2. The number of hydrogen-bond donors (Lipinski definition) is 1. The van der Waals surface area contributed by atoms with Crippen molar-refractivity contribution in [2.45, 2.75) is 12.1 Å². The molecule has 2 atom stereocenters. The third kappa shape index (κ3) is 5.19. The zero-order chi connectivity index (χ0) is 26.8. The zero-order valence-electron chi connectivity index (χ0n) is 21.0. The van der Waals surface area contributed by atoms with Gasteiger partial charge in [0.25, 0.3) is 0 Å². The molecule has 0 aliphatic carbocycles. The minimum Gasteiger partial charge on any atom is -0.497 e. The summed E-state index contributed by atoms with van der Waals surface area (Å²) in [5.41, 5.74) is 2.72. The SMILES string of the molecule is COc1ccc(Oc2ccc(N3C(=S)NC(c4ccccn4)C3c3ccc(-c4ccc(Cl)cc4)o3)cc2)cc1. The average molecular weight is 554 g/mol. The van der Waals surface area contributed by atoms with Gasteiger partial charge in [0.05, 0.1) is 18.8 Å². The molecule has 194 valence electrons. The van der Waals surface area contributed by atoms with Gasteiger partial charge in [-0.3, -0.25) is 4.98 Å². The first-order valence-corrected chi connectivity index (χ1v) is 13.2. The van der Waals surface area contributed by atoms with Crippen LogP contribution in [-0.4, -0.2) is 17.2 Å². The summed E-state index contributed by atoms with van der Waals surface area (Å²) in [5, 5.41) is 4.73. The Bertz CT molecular complexity index is 1570. The van der Waals surface area contributed by atoms with Crippen molar-refractivity contribution in [3.63, 3.8) is 0 Å². The molecule has 2 unspecified atom stereocenters. The maximum atomic E-state index is 6.42. The summed E-state index contributed by atoms with van der Waals surface area (Å²) in [7, 11) is 1.64. The second-order valence-electron chi connectivity index (χ2n) is 8.98. The standard InChI is InChI=1S/C31H24ClN3O3S/c1-36-23-13-15-25(16-14-23)37-24-11-9-22(10-12-24)35-30(29(34-31(35)39)26-4-2-3-19-33-26)28-18-17-27(38-28)20-5-7-21(32)8-6-20/h2-19,29-30H,1H3,(H,34,39). The van der Waals surface area contributed by atoms with Crippen LogP contribution in [0.5, 0.6) is 17.2 Å². The first-order chi connectivity index (χ1) is 19.1. The summed E-state index contributed by atoms with van der Waals surface area (Å²) < 4.78 is 17.7. The van der Waals surface area contributed by atoms with E-state index in [1.54, 1.807) is 13.3 Å². The maximum absolute atomic E-state index is 6.42. The van der Waals surface area contributed by atoms with E-state index in [0.29, 0.717) is 15.9 Å². The molecule has 1 aliphatic rings. The number of hydrogen-bond acceptors (Lipinski definition) is 5. The van der Waals surface area contributed by atoms with E-state index in [1.165, 1.54) is 0 Å². The van der Waals surface area contributed by atoms with E-state index >= 15 is 0 Å². The van der Waals surface area contributed by atoms with Crippen molar-refractivity contribution >= 4 is 34.6 Å². The Morgan fingerprint density at radius 1 is 0.846 bits per heavy atom. The molecule has 1 fully saturated rings. The van der Waals surface area contributed by atoms with Gasteiger partial charge in [-0.15, -0.1) is 0 Å². The highest BCUT2D eigenvalue weighted by Gasteiger charge is 2.42. The molecule has 5 aromatic rings. The number of rotatable bonds is 7. The topological polar surface area (TPSA) is 59.8 Å². The smallest absolute Gasteiger partial charge is 0.174 e. The zero-order valence-corrected chi connectivity index (χ0v) is 22.5. The predicted molar refractivity (Wildman–Crippen MR) is 157 cm³/mol. The van der Waals surface area contributed by atoms with Gasteiger partial charge in [-0.1, -0.05) is 17.7 Å². The molecule has 1 saturated heterocycles. The lowest BCUT2D eigenvalue weighted by Gasteiger charge is -2.26. The Kier molecular flexibility index (Phi) is 6.92. The van der Waals surface area contributed by atoms with Crippen LogP contribution in [0.3, 0.4) is 0 Å². The summed E-state index contributed by atoms with van der Waals surface area (Å²) in [5.74, 6) is 3.73. The van der Waals surface area contributed by atoms with Gasteiger partial charge in [0, 0.05) is 22.5 Å². The monoisotopic (exact) mass is 553 g/mol. The molecule has 3 aromatic carbocycles. The van der Waals surface area contributed by atoms with E-state index in [2.05, 4.69) is 15.2 Å². The third-order valence-electron chi connectivity index (χ3n) is 6.56. The van der Waals surface area contributed by atoms with Gasteiger partial charge in [0.2, 0.25) is 0 Å². The molecule has 1 N–H and O–H groups in total. The molecular weight excluding hydrogens is 530 g/mol. The van der Waals surface area contributed by atoms with Gasteiger partial charge >= 0.3 is 0 Å². The minimum atomic E-state index is -0.262. The Balaban J connectivity index is 1.32. The van der Waals surface area contributed by atoms with E-state index in [9.17, 15) is 0 Å². The lowest BCUT2D eigenvalue weighted by atomic mass is 10.0. The first-order valence-electron chi connectivity index (χ1n) is 12.4. The Labute approximate surface area is 236 Å². The summed E-state index contributed by atoms with van der Waals surface area (Å²) in [6.45, 7) is 0. The van der Waals surface area contributed by atoms with Crippen LogP contribution in [0.25, 0.3) is 11.3 Å². The molecule has 0 amide bonds. The summed E-state index contributed by atoms with van der Waals surface area (Å²) in [6, 6.07) is 32.2. The molecule has 0 bridgehead atoms. The largest absolute Gasteiger partial charge is 0.497 e. The first kappa shape index (κ1) is 25.0. The van der Waals surface area contributed by atoms with E-state index in [0.717, 1.165) is 40.0 Å².